The molecule has 0 heterocycles. The zero-order valence-corrected chi connectivity index (χ0v) is 16.5. The molecule has 25 heavy (non-hydrogen) atoms. The predicted octanol–water partition coefficient (Wildman–Crippen LogP) is 5.78. The van der Waals surface area contributed by atoms with Crippen molar-refractivity contribution in [1.29, 1.82) is 0 Å². The molecule has 1 aliphatic rings. The van der Waals surface area contributed by atoms with Crippen LogP contribution in [0.3, 0.4) is 0 Å². The van der Waals surface area contributed by atoms with Crippen LogP contribution < -0.4 is 4.74 Å². The van der Waals surface area contributed by atoms with Crippen LogP contribution in [0.2, 0.25) is 0 Å². The van der Waals surface area contributed by atoms with Gasteiger partial charge in [0.25, 0.3) is 0 Å². The highest BCUT2D eigenvalue weighted by Gasteiger charge is 2.17. The Labute approximate surface area is 157 Å². The second-order valence-electron chi connectivity index (χ2n) is 5.75. The van der Waals surface area contributed by atoms with Gasteiger partial charge in [0.2, 0.25) is 0 Å². The lowest BCUT2D eigenvalue weighted by Gasteiger charge is -2.16. The van der Waals surface area contributed by atoms with Gasteiger partial charge in [-0.15, -0.1) is 0 Å². The lowest BCUT2D eigenvalue weighted by atomic mass is 9.90. The normalized spacial score (nSPS) is 12.7. The van der Waals surface area contributed by atoms with Crippen LogP contribution in [0.15, 0.2) is 40.9 Å². The van der Waals surface area contributed by atoms with E-state index in [0.29, 0.717) is 24.3 Å². The molecule has 3 rings (SSSR count). The monoisotopic (exact) mass is 402 g/mol. The van der Waals surface area contributed by atoms with Crippen molar-refractivity contribution in [3.63, 3.8) is 0 Å². The fourth-order valence-electron chi connectivity index (χ4n) is 2.76. The largest absolute Gasteiger partial charge is 0.489 e. The minimum Gasteiger partial charge on any atom is -0.489 e. The molecule has 2 aromatic rings. The van der Waals surface area contributed by atoms with E-state index in [9.17, 15) is 9.59 Å². The molecule has 0 saturated heterocycles. The van der Waals surface area contributed by atoms with E-state index in [1.807, 2.05) is 44.2 Å². The first-order chi connectivity index (χ1) is 12.0. The van der Waals surface area contributed by atoms with Gasteiger partial charge in [-0.25, -0.2) is 0 Å². The number of ether oxygens (including phenoxy) is 1. The van der Waals surface area contributed by atoms with Crippen molar-refractivity contribution in [2.45, 2.75) is 46.6 Å². The fraction of sp³-hybridized carbons (Fsp3) is 0.333. The molecule has 0 fully saturated rings. The molecule has 0 saturated carbocycles. The van der Waals surface area contributed by atoms with Crippen LogP contribution in [0, 0.1) is 0 Å². The molecular weight excluding hydrogens is 380 g/mol. The zero-order valence-electron chi connectivity index (χ0n) is 14.9. The van der Waals surface area contributed by atoms with E-state index in [1.54, 1.807) is 13.0 Å². The Morgan fingerprint density at radius 1 is 1.12 bits per heavy atom. The van der Waals surface area contributed by atoms with Crippen LogP contribution in [0.4, 0.5) is 0 Å². The Bertz CT molecular complexity index is 781. The number of carbonyl (C=O) groups is 2. The highest BCUT2D eigenvalue weighted by atomic mass is 79.9. The summed E-state index contributed by atoms with van der Waals surface area (Å²) in [6.07, 6.45) is 2.49. The first kappa shape index (κ1) is 19.4. The molecule has 4 heteroatoms. The van der Waals surface area contributed by atoms with Gasteiger partial charge >= 0.3 is 0 Å². The number of hydrogen-bond acceptors (Lipinski definition) is 3. The minimum atomic E-state index is 0.0260. The van der Waals surface area contributed by atoms with E-state index < -0.39 is 0 Å². The minimum absolute atomic E-state index is 0.0260. The SMILES string of the molecule is CC.CC(=O)c1ccc(Br)c(COc2ccc3c(c2)C(=O)CCC3)c1. The zero-order chi connectivity index (χ0) is 18.4. The summed E-state index contributed by atoms with van der Waals surface area (Å²) >= 11 is 3.48. The van der Waals surface area contributed by atoms with E-state index >= 15 is 0 Å². The van der Waals surface area contributed by atoms with Crippen LogP contribution >= 0.6 is 15.9 Å². The topological polar surface area (TPSA) is 43.4 Å². The Kier molecular flexibility index (Phi) is 6.94. The summed E-state index contributed by atoms with van der Waals surface area (Å²) < 4.78 is 6.73. The summed E-state index contributed by atoms with van der Waals surface area (Å²) in [5.74, 6) is 0.897. The number of hydrogen-bond donors (Lipinski definition) is 0. The van der Waals surface area contributed by atoms with Crippen molar-refractivity contribution >= 4 is 27.5 Å². The molecule has 0 aromatic heterocycles. The number of halogens is 1. The van der Waals surface area contributed by atoms with Gasteiger partial charge in [-0.2, -0.15) is 0 Å². The third kappa shape index (κ3) is 4.79. The van der Waals surface area contributed by atoms with Gasteiger partial charge in [0.15, 0.2) is 11.6 Å². The predicted molar refractivity (Wildman–Crippen MR) is 104 cm³/mol. The number of aryl methyl sites for hydroxylation is 1. The molecule has 1 aliphatic carbocycles. The third-order valence-corrected chi connectivity index (χ3v) is 4.85. The molecule has 0 amide bonds. The Balaban J connectivity index is 0.00000109. The fourth-order valence-corrected chi connectivity index (χ4v) is 3.12. The molecule has 0 radical (unpaired) electrons. The van der Waals surface area contributed by atoms with E-state index in [0.717, 1.165) is 34.0 Å². The van der Waals surface area contributed by atoms with Crippen molar-refractivity contribution in [2.75, 3.05) is 0 Å². The summed E-state index contributed by atoms with van der Waals surface area (Å²) in [5.41, 5.74) is 3.45. The van der Waals surface area contributed by atoms with Gasteiger partial charge in [-0.3, -0.25) is 9.59 Å². The second kappa shape index (κ2) is 8.95. The lowest BCUT2D eigenvalue weighted by Crippen LogP contribution is -2.11. The standard InChI is InChI=1S/C19H17BrO3.C2H6/c1-12(21)14-6-8-18(20)15(9-14)11-23-16-7-5-13-3-2-4-19(22)17(13)10-16;1-2/h5-10H,2-4,11H2,1H3;1-2H3. The third-order valence-electron chi connectivity index (χ3n) is 4.08. The first-order valence-corrected chi connectivity index (χ1v) is 9.42. The lowest BCUT2D eigenvalue weighted by molar-refractivity contribution is 0.0970. The maximum atomic E-state index is 12.0. The average Bonchev–Trinajstić information content (AvgIpc) is 2.63. The summed E-state index contributed by atoms with van der Waals surface area (Å²) in [6, 6.07) is 11.2. The van der Waals surface area contributed by atoms with Gasteiger partial charge in [0.05, 0.1) is 0 Å². The maximum Gasteiger partial charge on any atom is 0.163 e. The molecule has 3 nitrogen and oxygen atoms in total. The summed E-state index contributed by atoms with van der Waals surface area (Å²) in [6.45, 7) is 5.89. The van der Waals surface area contributed by atoms with Crippen LogP contribution in [0.5, 0.6) is 5.75 Å². The molecule has 0 bridgehead atoms. The number of Topliss-reactive ketones (excluding diaryl/α,β-unsaturated/α-hetero) is 2. The summed E-state index contributed by atoms with van der Waals surface area (Å²) in [5, 5.41) is 0. The second-order valence-corrected chi connectivity index (χ2v) is 6.60. The Morgan fingerprint density at radius 2 is 1.88 bits per heavy atom. The van der Waals surface area contributed by atoms with Crippen LogP contribution in [0.25, 0.3) is 0 Å². The molecular formula is C21H23BrO3. The smallest absolute Gasteiger partial charge is 0.163 e. The molecule has 0 N–H and O–H groups in total. The number of fused-ring (bicyclic) bond motifs is 1. The molecule has 132 valence electrons. The van der Waals surface area contributed by atoms with E-state index in [1.165, 1.54) is 0 Å². The number of carbonyl (C=O) groups excluding carboxylic acids is 2. The highest BCUT2D eigenvalue weighted by Crippen LogP contribution is 2.27. The Hall–Kier alpha value is -1.94. The molecule has 0 spiro atoms. The van der Waals surface area contributed by atoms with Crippen molar-refractivity contribution in [2.24, 2.45) is 0 Å². The van der Waals surface area contributed by atoms with Gasteiger partial charge in [0, 0.05) is 27.6 Å². The quantitative estimate of drug-likeness (QED) is 0.608. The molecule has 2 aromatic carbocycles. The van der Waals surface area contributed by atoms with E-state index in [2.05, 4.69) is 15.9 Å². The van der Waals surface area contributed by atoms with Crippen LogP contribution in [-0.4, -0.2) is 11.6 Å². The van der Waals surface area contributed by atoms with E-state index in [4.69, 9.17) is 4.74 Å². The van der Waals surface area contributed by atoms with E-state index in [-0.39, 0.29) is 11.6 Å². The Morgan fingerprint density at radius 3 is 2.60 bits per heavy atom. The van der Waals surface area contributed by atoms with Crippen molar-refractivity contribution in [1.82, 2.24) is 0 Å². The van der Waals surface area contributed by atoms with Gasteiger partial charge in [-0.1, -0.05) is 41.9 Å². The van der Waals surface area contributed by atoms with Gasteiger partial charge in [-0.05, 0) is 49.6 Å². The maximum absolute atomic E-state index is 12.0. The van der Waals surface area contributed by atoms with Crippen LogP contribution in [-0.2, 0) is 13.0 Å². The first-order valence-electron chi connectivity index (χ1n) is 8.63. The summed E-state index contributed by atoms with van der Waals surface area (Å²) in [7, 11) is 0. The van der Waals surface area contributed by atoms with Gasteiger partial charge in [0.1, 0.15) is 12.4 Å². The average molecular weight is 403 g/mol. The number of ketones is 2. The van der Waals surface area contributed by atoms with Crippen molar-refractivity contribution < 1.29 is 14.3 Å². The summed E-state index contributed by atoms with van der Waals surface area (Å²) in [4.78, 5) is 23.5. The molecule has 0 unspecified atom stereocenters. The number of rotatable bonds is 4. The molecule has 0 aliphatic heterocycles. The molecule has 0 atom stereocenters. The van der Waals surface area contributed by atoms with Crippen LogP contribution in [0.1, 0.15) is 65.5 Å². The van der Waals surface area contributed by atoms with Gasteiger partial charge < -0.3 is 4.74 Å². The number of benzene rings is 2. The van der Waals surface area contributed by atoms with Crippen molar-refractivity contribution in [3.05, 3.63) is 63.1 Å². The highest BCUT2D eigenvalue weighted by molar-refractivity contribution is 9.10. The van der Waals surface area contributed by atoms with Crippen molar-refractivity contribution in [3.8, 4) is 5.75 Å².